The summed E-state index contributed by atoms with van der Waals surface area (Å²) in [4.78, 5) is 21.4. The molecule has 32 heavy (non-hydrogen) atoms. The number of sulfonamides is 1. The Hall–Kier alpha value is -2.20. The number of hydrogen-bond donors (Lipinski definition) is 1. The fraction of sp³-hybridized carbons (Fsp3) is 0.455. The third kappa shape index (κ3) is 5.23. The first-order chi connectivity index (χ1) is 15.3. The average Bonchev–Trinajstić information content (AvgIpc) is 2.79. The minimum Gasteiger partial charge on any atom is -0.384 e. The number of pyridine rings is 1. The number of piperidine rings is 1. The van der Waals surface area contributed by atoms with Gasteiger partial charge in [0.05, 0.1) is 4.90 Å². The van der Waals surface area contributed by atoms with E-state index in [-0.39, 0.29) is 16.7 Å². The number of halogens is 1. The summed E-state index contributed by atoms with van der Waals surface area (Å²) in [7, 11) is -3.58. The minimum atomic E-state index is -3.58. The summed E-state index contributed by atoms with van der Waals surface area (Å²) in [5.74, 6) is 0.652. The lowest BCUT2D eigenvalue weighted by molar-refractivity contribution is -0.138. The summed E-state index contributed by atoms with van der Waals surface area (Å²) < 4.78 is 27.1. The third-order valence-electron chi connectivity index (χ3n) is 6.19. The zero-order chi connectivity index (χ0) is 22.7. The van der Waals surface area contributed by atoms with Gasteiger partial charge in [-0.05, 0) is 67.9 Å². The maximum absolute atomic E-state index is 13.0. The summed E-state index contributed by atoms with van der Waals surface area (Å²) >= 11 is 5.87. The molecule has 0 spiro atoms. The van der Waals surface area contributed by atoms with Crippen LogP contribution in [0.2, 0.25) is 5.02 Å². The molecule has 2 fully saturated rings. The van der Waals surface area contributed by atoms with Crippen LogP contribution in [0.5, 0.6) is 0 Å². The topological polar surface area (TPSA) is 99.8 Å². The summed E-state index contributed by atoms with van der Waals surface area (Å²) in [6, 6.07) is 10.0. The van der Waals surface area contributed by atoms with Crippen molar-refractivity contribution in [2.75, 3.05) is 45.0 Å². The molecule has 1 amide bonds. The van der Waals surface area contributed by atoms with Crippen LogP contribution in [0, 0.1) is 5.92 Å². The molecular formula is C22H28ClN5O3S. The van der Waals surface area contributed by atoms with Crippen molar-refractivity contribution >= 4 is 33.3 Å². The molecule has 10 heteroatoms. The molecule has 3 heterocycles. The monoisotopic (exact) mass is 477 g/mol. The quantitative estimate of drug-likeness (QED) is 0.707. The van der Waals surface area contributed by atoms with E-state index in [9.17, 15) is 13.2 Å². The van der Waals surface area contributed by atoms with Crippen molar-refractivity contribution in [3.05, 3.63) is 53.2 Å². The van der Waals surface area contributed by atoms with Crippen molar-refractivity contribution < 1.29 is 13.2 Å². The Labute approximate surface area is 194 Å². The Balaban J connectivity index is 1.27. The van der Waals surface area contributed by atoms with Gasteiger partial charge in [-0.2, -0.15) is 4.31 Å². The van der Waals surface area contributed by atoms with E-state index < -0.39 is 10.0 Å². The maximum Gasteiger partial charge on any atom is 0.243 e. The highest BCUT2D eigenvalue weighted by molar-refractivity contribution is 7.89. The molecule has 0 atom stereocenters. The lowest BCUT2D eigenvalue weighted by Gasteiger charge is -2.38. The predicted octanol–water partition coefficient (Wildman–Crippen LogP) is 2.06. The molecule has 0 bridgehead atoms. The third-order valence-corrected chi connectivity index (χ3v) is 8.36. The van der Waals surface area contributed by atoms with Crippen LogP contribution in [0.3, 0.4) is 0 Å². The van der Waals surface area contributed by atoms with Gasteiger partial charge in [0.15, 0.2) is 0 Å². The highest BCUT2D eigenvalue weighted by Crippen LogP contribution is 2.24. The van der Waals surface area contributed by atoms with Crippen molar-refractivity contribution in [2.45, 2.75) is 24.3 Å². The number of hydrogen-bond acceptors (Lipinski definition) is 6. The Kier molecular flexibility index (Phi) is 6.99. The molecule has 1 aromatic heterocycles. The molecule has 2 aliphatic rings. The number of nitrogens with zero attached hydrogens (tertiary/aromatic N) is 4. The molecule has 8 nitrogen and oxygen atoms in total. The average molecular weight is 478 g/mol. The highest BCUT2D eigenvalue weighted by atomic mass is 35.5. The standard InChI is InChI=1S/C22H28ClN5O3S/c23-19-1-3-20(4-2-19)32(30,31)28-13-11-27(12-14-28)22(29)18-6-9-26(10-7-18)16-17-5-8-25-21(24)15-17/h1-5,8,15,18H,6-7,9-14,16H2,(H2,24,25). The van der Waals surface area contributed by atoms with Gasteiger partial charge in [-0.3, -0.25) is 9.69 Å². The van der Waals surface area contributed by atoms with Gasteiger partial charge in [-0.25, -0.2) is 13.4 Å². The minimum absolute atomic E-state index is 0.00631. The zero-order valence-electron chi connectivity index (χ0n) is 17.9. The van der Waals surface area contributed by atoms with E-state index in [0.717, 1.165) is 38.0 Å². The van der Waals surface area contributed by atoms with Crippen LogP contribution in [0.1, 0.15) is 18.4 Å². The molecule has 0 aliphatic carbocycles. The molecule has 2 aromatic rings. The predicted molar refractivity (Wildman–Crippen MR) is 123 cm³/mol. The van der Waals surface area contributed by atoms with Gasteiger partial charge in [0.25, 0.3) is 0 Å². The number of piperazine rings is 1. The molecule has 1 aromatic carbocycles. The number of aromatic nitrogens is 1. The second-order valence-corrected chi connectivity index (χ2v) is 10.7. The number of anilines is 1. The maximum atomic E-state index is 13.0. The molecule has 0 unspecified atom stereocenters. The number of carbonyl (C=O) groups excluding carboxylic acids is 1. The summed E-state index contributed by atoms with van der Waals surface area (Å²) in [5.41, 5.74) is 6.88. The van der Waals surface area contributed by atoms with Crippen LogP contribution in [-0.4, -0.2) is 72.7 Å². The number of rotatable bonds is 5. The van der Waals surface area contributed by atoms with Crippen LogP contribution in [0.4, 0.5) is 5.82 Å². The van der Waals surface area contributed by atoms with Crippen LogP contribution in [0.25, 0.3) is 0 Å². The van der Waals surface area contributed by atoms with Crippen molar-refractivity contribution in [2.24, 2.45) is 5.92 Å². The van der Waals surface area contributed by atoms with Gasteiger partial charge in [0.2, 0.25) is 15.9 Å². The van der Waals surface area contributed by atoms with Crippen molar-refractivity contribution in [1.82, 2.24) is 19.1 Å². The second kappa shape index (κ2) is 9.74. The van der Waals surface area contributed by atoms with Crippen molar-refractivity contribution in [3.8, 4) is 0 Å². The van der Waals surface area contributed by atoms with Crippen LogP contribution in [-0.2, 0) is 21.4 Å². The van der Waals surface area contributed by atoms with E-state index >= 15 is 0 Å². The van der Waals surface area contributed by atoms with E-state index in [2.05, 4.69) is 9.88 Å². The van der Waals surface area contributed by atoms with Crippen molar-refractivity contribution in [1.29, 1.82) is 0 Å². The molecule has 0 saturated carbocycles. The lowest BCUT2D eigenvalue weighted by atomic mass is 9.94. The fourth-order valence-corrected chi connectivity index (χ4v) is 5.90. The molecule has 0 radical (unpaired) electrons. The SMILES string of the molecule is Nc1cc(CN2CCC(C(=O)N3CCN(S(=O)(=O)c4ccc(Cl)cc4)CC3)CC2)ccn1. The molecule has 2 saturated heterocycles. The Morgan fingerprint density at radius 1 is 1.03 bits per heavy atom. The highest BCUT2D eigenvalue weighted by Gasteiger charge is 2.33. The Morgan fingerprint density at radius 2 is 1.69 bits per heavy atom. The number of likely N-dealkylation sites (tertiary alicyclic amines) is 1. The van der Waals surface area contributed by atoms with E-state index in [1.165, 1.54) is 16.4 Å². The number of benzene rings is 1. The molecule has 4 rings (SSSR count). The van der Waals surface area contributed by atoms with Gasteiger partial charge in [-0.1, -0.05) is 11.6 Å². The zero-order valence-corrected chi connectivity index (χ0v) is 19.4. The van der Waals surface area contributed by atoms with Crippen LogP contribution < -0.4 is 5.73 Å². The summed E-state index contributed by atoms with van der Waals surface area (Å²) in [6.07, 6.45) is 3.33. The molecule has 2 N–H and O–H groups in total. The summed E-state index contributed by atoms with van der Waals surface area (Å²) in [5, 5.41) is 0.496. The number of nitrogen functional groups attached to an aromatic ring is 1. The lowest BCUT2D eigenvalue weighted by Crippen LogP contribution is -2.52. The number of amides is 1. The Morgan fingerprint density at radius 3 is 2.31 bits per heavy atom. The normalized spacial score (nSPS) is 19.2. The van der Waals surface area contributed by atoms with Gasteiger partial charge < -0.3 is 10.6 Å². The molecule has 2 aliphatic heterocycles. The molecule has 172 valence electrons. The van der Waals surface area contributed by atoms with E-state index in [0.29, 0.717) is 37.0 Å². The van der Waals surface area contributed by atoms with Gasteiger partial charge in [-0.15, -0.1) is 0 Å². The first-order valence-corrected chi connectivity index (χ1v) is 12.6. The van der Waals surface area contributed by atoms with Crippen molar-refractivity contribution in [3.63, 3.8) is 0 Å². The van der Waals surface area contributed by atoms with Gasteiger partial charge in [0, 0.05) is 49.9 Å². The molecular weight excluding hydrogens is 450 g/mol. The second-order valence-electron chi connectivity index (χ2n) is 8.32. The van der Waals surface area contributed by atoms with Crippen LogP contribution in [0.15, 0.2) is 47.5 Å². The first kappa shape index (κ1) is 23.0. The number of nitrogens with two attached hydrogens (primary N) is 1. The van der Waals surface area contributed by atoms with Gasteiger partial charge >= 0.3 is 0 Å². The fourth-order valence-electron chi connectivity index (χ4n) is 4.35. The Bertz CT molecular complexity index is 1050. The largest absolute Gasteiger partial charge is 0.384 e. The first-order valence-electron chi connectivity index (χ1n) is 10.8. The van der Waals surface area contributed by atoms with Gasteiger partial charge in [0.1, 0.15) is 5.82 Å². The number of carbonyl (C=O) groups is 1. The smallest absolute Gasteiger partial charge is 0.243 e. The summed E-state index contributed by atoms with van der Waals surface area (Å²) in [6.45, 7) is 3.95. The van der Waals surface area contributed by atoms with E-state index in [1.54, 1.807) is 18.3 Å². The van der Waals surface area contributed by atoms with E-state index in [4.69, 9.17) is 17.3 Å². The van der Waals surface area contributed by atoms with E-state index in [1.807, 2.05) is 17.0 Å². The van der Waals surface area contributed by atoms with Crippen LogP contribution >= 0.6 is 11.6 Å².